The summed E-state index contributed by atoms with van der Waals surface area (Å²) in [5, 5.41) is 0. The van der Waals surface area contributed by atoms with E-state index in [1.54, 1.807) is 16.6 Å². The molecule has 1 aliphatic rings. The molecule has 2 rings (SSSR count). The first kappa shape index (κ1) is 12.7. The first-order chi connectivity index (χ1) is 8.12. The minimum Gasteiger partial charge on any atom is -0.366 e. The minimum absolute atomic E-state index is 0.219. The highest BCUT2D eigenvalue weighted by Crippen LogP contribution is 2.20. The summed E-state index contributed by atoms with van der Waals surface area (Å²) in [4.78, 5) is 3.01. The van der Waals surface area contributed by atoms with E-state index in [2.05, 4.69) is 4.98 Å². The summed E-state index contributed by atoms with van der Waals surface area (Å²) in [6.07, 6.45) is 7.19. The third-order valence-corrected chi connectivity index (χ3v) is 5.39. The number of aromatic nitrogens is 1. The summed E-state index contributed by atoms with van der Waals surface area (Å²) in [6.45, 7) is 1.21. The summed E-state index contributed by atoms with van der Waals surface area (Å²) in [5.41, 5.74) is 0. The van der Waals surface area contributed by atoms with E-state index < -0.39 is 10.0 Å². The summed E-state index contributed by atoms with van der Waals surface area (Å²) >= 11 is 5.08. The van der Waals surface area contributed by atoms with E-state index in [9.17, 15) is 8.42 Å². The highest BCUT2D eigenvalue weighted by atomic mass is 32.2. The molecular weight excluding hydrogens is 256 g/mol. The molecule has 1 fully saturated rings. The van der Waals surface area contributed by atoms with Crippen LogP contribution in [0.15, 0.2) is 23.4 Å². The van der Waals surface area contributed by atoms with Crippen LogP contribution >= 0.6 is 12.2 Å². The monoisotopic (exact) mass is 272 g/mol. The van der Waals surface area contributed by atoms with Crippen molar-refractivity contribution in [2.24, 2.45) is 0 Å². The molecule has 0 radical (unpaired) electrons. The summed E-state index contributed by atoms with van der Waals surface area (Å²) in [6, 6.07) is 1.61. The number of sulfonamides is 1. The molecule has 0 aromatic carbocycles. The fraction of sp³-hybridized carbons (Fsp3) is 0.545. The zero-order chi connectivity index (χ0) is 12.3. The molecular formula is C11H16N2O2S2. The Hall–Kier alpha value is -0.720. The predicted octanol–water partition coefficient (Wildman–Crippen LogP) is 2.31. The second-order valence-electron chi connectivity index (χ2n) is 4.19. The van der Waals surface area contributed by atoms with E-state index in [-0.39, 0.29) is 4.90 Å². The highest BCUT2D eigenvalue weighted by Gasteiger charge is 2.25. The van der Waals surface area contributed by atoms with E-state index in [1.807, 2.05) is 0 Å². The molecule has 0 unspecified atom stereocenters. The van der Waals surface area contributed by atoms with E-state index >= 15 is 0 Å². The van der Waals surface area contributed by atoms with Gasteiger partial charge >= 0.3 is 0 Å². The molecule has 0 atom stereocenters. The van der Waals surface area contributed by atoms with Gasteiger partial charge in [0.2, 0.25) is 10.0 Å². The van der Waals surface area contributed by atoms with Crippen LogP contribution in [0.5, 0.6) is 0 Å². The van der Waals surface area contributed by atoms with Gasteiger partial charge in [0.25, 0.3) is 0 Å². The van der Waals surface area contributed by atoms with E-state index in [0.29, 0.717) is 17.6 Å². The van der Waals surface area contributed by atoms with Crippen molar-refractivity contribution in [1.29, 1.82) is 0 Å². The molecule has 1 N–H and O–H groups in total. The normalized spacial score (nSPS) is 18.8. The molecule has 0 bridgehead atoms. The second-order valence-corrected chi connectivity index (χ2v) is 6.54. The van der Waals surface area contributed by atoms with Crippen molar-refractivity contribution >= 4 is 22.2 Å². The van der Waals surface area contributed by atoms with Crippen molar-refractivity contribution in [3.8, 4) is 0 Å². The average Bonchev–Trinajstić information content (AvgIpc) is 2.58. The number of hydrogen-bond acceptors (Lipinski definition) is 3. The molecule has 1 saturated heterocycles. The Bertz CT molecular complexity index is 528. The van der Waals surface area contributed by atoms with Gasteiger partial charge in [0, 0.05) is 25.5 Å². The molecule has 6 heteroatoms. The van der Waals surface area contributed by atoms with Gasteiger partial charge in [0.05, 0.1) is 4.51 Å². The maximum absolute atomic E-state index is 12.4. The Kier molecular flexibility index (Phi) is 3.96. The van der Waals surface area contributed by atoms with Crippen molar-refractivity contribution in [2.75, 3.05) is 13.1 Å². The van der Waals surface area contributed by atoms with Crippen molar-refractivity contribution in [2.45, 2.75) is 30.6 Å². The molecule has 17 heavy (non-hydrogen) atoms. The Labute approximate surface area is 107 Å². The molecule has 2 heterocycles. The Morgan fingerprint density at radius 3 is 2.41 bits per heavy atom. The number of nitrogens with zero attached hydrogens (tertiary/aromatic N) is 1. The highest BCUT2D eigenvalue weighted by molar-refractivity contribution is 7.89. The Morgan fingerprint density at radius 1 is 1.18 bits per heavy atom. The van der Waals surface area contributed by atoms with Gasteiger partial charge in [-0.25, -0.2) is 8.42 Å². The minimum atomic E-state index is -3.42. The van der Waals surface area contributed by atoms with Gasteiger partial charge in [0.15, 0.2) is 0 Å². The quantitative estimate of drug-likeness (QED) is 0.841. The lowest BCUT2D eigenvalue weighted by Crippen LogP contribution is -2.32. The lowest BCUT2D eigenvalue weighted by molar-refractivity contribution is 0.423. The molecule has 0 aliphatic carbocycles. The van der Waals surface area contributed by atoms with Gasteiger partial charge in [-0.15, -0.1) is 0 Å². The Balaban J connectivity index is 2.36. The van der Waals surface area contributed by atoms with E-state index in [4.69, 9.17) is 12.2 Å². The number of aromatic amines is 1. The van der Waals surface area contributed by atoms with Gasteiger partial charge in [-0.2, -0.15) is 4.31 Å². The fourth-order valence-corrected chi connectivity index (χ4v) is 4.02. The fourth-order valence-electron chi connectivity index (χ4n) is 2.02. The topological polar surface area (TPSA) is 53.2 Å². The second kappa shape index (κ2) is 5.29. The van der Waals surface area contributed by atoms with Gasteiger partial charge in [-0.3, -0.25) is 0 Å². The molecule has 4 nitrogen and oxygen atoms in total. The van der Waals surface area contributed by atoms with Gasteiger partial charge in [-0.1, -0.05) is 25.1 Å². The third-order valence-electron chi connectivity index (χ3n) is 2.97. The van der Waals surface area contributed by atoms with Crippen LogP contribution in [0.2, 0.25) is 0 Å². The molecule has 1 aromatic heterocycles. The van der Waals surface area contributed by atoms with Crippen molar-refractivity contribution in [3.05, 3.63) is 23.0 Å². The number of H-pyrrole nitrogens is 1. The standard InChI is InChI=1S/C11H16N2O2S2/c14-17(15,11-9-12-6-5-10(11)16)13-7-3-1-2-4-8-13/h5-6,9H,1-4,7-8H2,(H,12,16). The van der Waals surface area contributed by atoms with Crippen LogP contribution < -0.4 is 0 Å². The van der Waals surface area contributed by atoms with Gasteiger partial charge in [-0.05, 0) is 18.9 Å². The van der Waals surface area contributed by atoms with Crippen molar-refractivity contribution < 1.29 is 8.42 Å². The number of pyridine rings is 1. The molecule has 1 aromatic rings. The van der Waals surface area contributed by atoms with E-state index in [1.165, 1.54) is 6.20 Å². The largest absolute Gasteiger partial charge is 0.366 e. The number of nitrogens with one attached hydrogen (secondary N) is 1. The van der Waals surface area contributed by atoms with Crippen molar-refractivity contribution in [3.63, 3.8) is 0 Å². The van der Waals surface area contributed by atoms with Crippen LogP contribution in [0.1, 0.15) is 25.7 Å². The first-order valence-electron chi connectivity index (χ1n) is 5.79. The maximum Gasteiger partial charge on any atom is 0.245 e. The third kappa shape index (κ3) is 2.75. The van der Waals surface area contributed by atoms with Crippen LogP contribution in [0, 0.1) is 4.51 Å². The summed E-state index contributed by atoms with van der Waals surface area (Å²) in [5.74, 6) is 0. The zero-order valence-electron chi connectivity index (χ0n) is 9.55. The zero-order valence-corrected chi connectivity index (χ0v) is 11.2. The first-order valence-corrected chi connectivity index (χ1v) is 7.64. The maximum atomic E-state index is 12.4. The predicted molar refractivity (Wildman–Crippen MR) is 68.9 cm³/mol. The molecule has 0 spiro atoms. The average molecular weight is 272 g/mol. The lowest BCUT2D eigenvalue weighted by atomic mass is 10.2. The molecule has 0 amide bonds. The lowest BCUT2D eigenvalue weighted by Gasteiger charge is -2.19. The van der Waals surface area contributed by atoms with E-state index in [0.717, 1.165) is 25.7 Å². The summed E-state index contributed by atoms with van der Waals surface area (Å²) in [7, 11) is -3.42. The molecule has 0 saturated carbocycles. The SMILES string of the molecule is O=S(=O)(c1c[nH]ccc1=S)N1CCCCCC1. The number of hydrogen-bond donors (Lipinski definition) is 1. The smallest absolute Gasteiger partial charge is 0.245 e. The summed E-state index contributed by atoms with van der Waals surface area (Å²) < 4.78 is 26.7. The molecule has 94 valence electrons. The van der Waals surface area contributed by atoms with Crippen LogP contribution in [0.3, 0.4) is 0 Å². The van der Waals surface area contributed by atoms with Crippen LogP contribution in [0.4, 0.5) is 0 Å². The van der Waals surface area contributed by atoms with Crippen molar-refractivity contribution in [1.82, 2.24) is 9.29 Å². The van der Waals surface area contributed by atoms with Gasteiger partial charge in [0.1, 0.15) is 4.90 Å². The number of rotatable bonds is 2. The Morgan fingerprint density at radius 2 is 1.82 bits per heavy atom. The van der Waals surface area contributed by atoms with Crippen LogP contribution in [0.25, 0.3) is 0 Å². The van der Waals surface area contributed by atoms with Gasteiger partial charge < -0.3 is 4.98 Å². The molecule has 1 aliphatic heterocycles. The van der Waals surface area contributed by atoms with Crippen LogP contribution in [-0.4, -0.2) is 30.8 Å². The van der Waals surface area contributed by atoms with Crippen LogP contribution in [-0.2, 0) is 10.0 Å².